The summed E-state index contributed by atoms with van der Waals surface area (Å²) in [7, 11) is 0. The summed E-state index contributed by atoms with van der Waals surface area (Å²) in [4.78, 5) is 15.2. The SMILES string of the molecule is CCCOC(=O)Nc1cc(C#CCO)ccn1. The average molecular weight is 234 g/mol. The number of pyridine rings is 1. The highest BCUT2D eigenvalue weighted by atomic mass is 16.5. The Labute approximate surface area is 99.8 Å². The van der Waals surface area contributed by atoms with Gasteiger partial charge in [-0.15, -0.1) is 0 Å². The number of amides is 1. The fourth-order valence-corrected chi connectivity index (χ4v) is 1.05. The van der Waals surface area contributed by atoms with Crippen LogP contribution < -0.4 is 5.32 Å². The van der Waals surface area contributed by atoms with E-state index in [1.54, 1.807) is 12.1 Å². The van der Waals surface area contributed by atoms with Gasteiger partial charge in [-0.25, -0.2) is 9.78 Å². The third kappa shape index (κ3) is 5.00. The Hall–Kier alpha value is -2.06. The van der Waals surface area contributed by atoms with Crippen LogP contribution in [-0.2, 0) is 4.74 Å². The van der Waals surface area contributed by atoms with Gasteiger partial charge in [-0.3, -0.25) is 5.32 Å². The van der Waals surface area contributed by atoms with E-state index < -0.39 is 6.09 Å². The van der Waals surface area contributed by atoms with E-state index in [2.05, 4.69) is 22.1 Å². The lowest BCUT2D eigenvalue weighted by atomic mass is 10.2. The standard InChI is InChI=1S/C12H14N2O3/c1-2-8-17-12(16)14-11-9-10(4-3-7-15)5-6-13-11/h5-6,9,15H,2,7-8H2,1H3,(H,13,14,16). The second kappa shape index (κ2) is 7.25. The van der Waals surface area contributed by atoms with Crippen molar-refractivity contribution in [3.05, 3.63) is 23.9 Å². The molecule has 0 atom stereocenters. The van der Waals surface area contributed by atoms with Crippen molar-refractivity contribution in [3.63, 3.8) is 0 Å². The molecule has 0 radical (unpaired) electrons. The summed E-state index contributed by atoms with van der Waals surface area (Å²) in [5, 5.41) is 11.1. The van der Waals surface area contributed by atoms with Crippen LogP contribution in [0.1, 0.15) is 18.9 Å². The molecule has 0 aliphatic carbocycles. The summed E-state index contributed by atoms with van der Waals surface area (Å²) in [5.41, 5.74) is 0.667. The van der Waals surface area contributed by atoms with Crippen molar-refractivity contribution < 1.29 is 14.6 Å². The lowest BCUT2D eigenvalue weighted by molar-refractivity contribution is 0.161. The van der Waals surface area contributed by atoms with Crippen molar-refractivity contribution in [1.29, 1.82) is 0 Å². The second-order valence-corrected chi connectivity index (χ2v) is 3.15. The van der Waals surface area contributed by atoms with Crippen molar-refractivity contribution >= 4 is 11.9 Å². The van der Waals surface area contributed by atoms with Gasteiger partial charge in [0.25, 0.3) is 0 Å². The maximum Gasteiger partial charge on any atom is 0.412 e. The zero-order chi connectivity index (χ0) is 12.5. The van der Waals surface area contributed by atoms with Crippen LogP contribution in [0, 0.1) is 11.8 Å². The molecule has 5 heteroatoms. The van der Waals surface area contributed by atoms with Gasteiger partial charge in [0.05, 0.1) is 6.61 Å². The Balaban J connectivity index is 2.62. The zero-order valence-corrected chi connectivity index (χ0v) is 9.56. The van der Waals surface area contributed by atoms with E-state index in [9.17, 15) is 4.79 Å². The first-order chi connectivity index (χ1) is 8.26. The van der Waals surface area contributed by atoms with Crippen LogP contribution in [0.3, 0.4) is 0 Å². The maximum absolute atomic E-state index is 11.2. The van der Waals surface area contributed by atoms with E-state index in [1.165, 1.54) is 6.20 Å². The number of hydrogen-bond donors (Lipinski definition) is 2. The minimum Gasteiger partial charge on any atom is -0.449 e. The van der Waals surface area contributed by atoms with Crippen LogP contribution in [0.5, 0.6) is 0 Å². The van der Waals surface area contributed by atoms with E-state index in [0.29, 0.717) is 18.0 Å². The molecule has 0 spiro atoms. The molecule has 0 aliphatic heterocycles. The number of rotatable bonds is 3. The Morgan fingerprint density at radius 3 is 3.18 bits per heavy atom. The number of hydrogen-bond acceptors (Lipinski definition) is 4. The van der Waals surface area contributed by atoms with E-state index in [1.807, 2.05) is 6.92 Å². The van der Waals surface area contributed by atoms with E-state index in [0.717, 1.165) is 6.42 Å². The number of nitrogens with zero attached hydrogens (tertiary/aromatic N) is 1. The lowest BCUT2D eigenvalue weighted by Crippen LogP contribution is -2.14. The number of ether oxygens (including phenoxy) is 1. The molecular formula is C12H14N2O3. The first-order valence-corrected chi connectivity index (χ1v) is 5.25. The van der Waals surface area contributed by atoms with Crippen molar-refractivity contribution in [2.24, 2.45) is 0 Å². The van der Waals surface area contributed by atoms with Gasteiger partial charge in [-0.1, -0.05) is 18.8 Å². The van der Waals surface area contributed by atoms with E-state index in [4.69, 9.17) is 9.84 Å². The molecule has 1 rings (SSSR count). The Morgan fingerprint density at radius 2 is 2.47 bits per heavy atom. The Kier molecular flexibility index (Phi) is 5.55. The minimum absolute atomic E-state index is 0.205. The number of nitrogens with one attached hydrogen (secondary N) is 1. The van der Waals surface area contributed by atoms with Crippen LogP contribution in [0.4, 0.5) is 10.6 Å². The van der Waals surface area contributed by atoms with Gasteiger partial charge in [-0.05, 0) is 18.6 Å². The predicted octanol–water partition coefficient (Wildman–Crippen LogP) is 1.38. The molecule has 0 saturated heterocycles. The zero-order valence-electron chi connectivity index (χ0n) is 9.56. The fraction of sp³-hybridized carbons (Fsp3) is 0.333. The number of carbonyl (C=O) groups excluding carboxylic acids is 1. The quantitative estimate of drug-likeness (QED) is 0.775. The van der Waals surface area contributed by atoms with Gasteiger partial charge in [-0.2, -0.15) is 0 Å². The third-order valence-electron chi connectivity index (χ3n) is 1.74. The van der Waals surface area contributed by atoms with Gasteiger partial charge in [0.15, 0.2) is 0 Å². The van der Waals surface area contributed by atoms with Crippen molar-refractivity contribution in [2.45, 2.75) is 13.3 Å². The minimum atomic E-state index is -0.536. The molecule has 90 valence electrons. The fourth-order valence-electron chi connectivity index (χ4n) is 1.05. The third-order valence-corrected chi connectivity index (χ3v) is 1.74. The highest BCUT2D eigenvalue weighted by Gasteiger charge is 2.03. The van der Waals surface area contributed by atoms with Gasteiger partial charge in [0.1, 0.15) is 12.4 Å². The van der Waals surface area contributed by atoms with Crippen molar-refractivity contribution in [2.75, 3.05) is 18.5 Å². The van der Waals surface area contributed by atoms with Crippen LogP contribution in [0.2, 0.25) is 0 Å². The predicted molar refractivity (Wildman–Crippen MR) is 63.5 cm³/mol. The molecule has 1 amide bonds. The second-order valence-electron chi connectivity index (χ2n) is 3.15. The number of aliphatic hydroxyl groups excluding tert-OH is 1. The Morgan fingerprint density at radius 1 is 1.65 bits per heavy atom. The van der Waals surface area contributed by atoms with E-state index >= 15 is 0 Å². The van der Waals surface area contributed by atoms with Crippen molar-refractivity contribution in [3.8, 4) is 11.8 Å². The molecule has 0 bridgehead atoms. The highest BCUT2D eigenvalue weighted by molar-refractivity contribution is 5.83. The summed E-state index contributed by atoms with van der Waals surface area (Å²) in [6, 6.07) is 3.29. The maximum atomic E-state index is 11.2. The molecule has 1 aromatic rings. The molecule has 1 heterocycles. The lowest BCUT2D eigenvalue weighted by Gasteiger charge is -2.04. The van der Waals surface area contributed by atoms with Gasteiger partial charge in [0.2, 0.25) is 0 Å². The normalized spacial score (nSPS) is 9.06. The number of aromatic nitrogens is 1. The molecule has 5 nitrogen and oxygen atoms in total. The molecule has 0 aromatic carbocycles. The van der Waals surface area contributed by atoms with Gasteiger partial charge < -0.3 is 9.84 Å². The average Bonchev–Trinajstić information content (AvgIpc) is 2.34. The molecule has 2 N–H and O–H groups in total. The molecule has 0 saturated carbocycles. The molecule has 0 unspecified atom stereocenters. The summed E-state index contributed by atoms with van der Waals surface area (Å²) in [6.45, 7) is 2.08. The summed E-state index contributed by atoms with van der Waals surface area (Å²) in [6.07, 6.45) is 1.76. The van der Waals surface area contributed by atoms with Crippen LogP contribution in [0.15, 0.2) is 18.3 Å². The smallest absolute Gasteiger partial charge is 0.412 e. The largest absolute Gasteiger partial charge is 0.449 e. The first-order valence-electron chi connectivity index (χ1n) is 5.25. The molecule has 0 fully saturated rings. The van der Waals surface area contributed by atoms with E-state index in [-0.39, 0.29) is 6.61 Å². The highest BCUT2D eigenvalue weighted by Crippen LogP contribution is 2.06. The number of carbonyl (C=O) groups is 1. The summed E-state index contributed by atoms with van der Waals surface area (Å²) >= 11 is 0. The number of anilines is 1. The first kappa shape index (κ1) is 13.0. The topological polar surface area (TPSA) is 71.5 Å². The summed E-state index contributed by atoms with van der Waals surface area (Å²) < 4.78 is 4.85. The Bertz CT molecular complexity index is 435. The molecule has 0 aliphatic rings. The van der Waals surface area contributed by atoms with Crippen LogP contribution in [0.25, 0.3) is 0 Å². The van der Waals surface area contributed by atoms with Crippen molar-refractivity contribution in [1.82, 2.24) is 4.98 Å². The van der Waals surface area contributed by atoms with Crippen LogP contribution in [-0.4, -0.2) is 29.4 Å². The molecule has 17 heavy (non-hydrogen) atoms. The monoisotopic (exact) mass is 234 g/mol. The number of aliphatic hydroxyl groups is 1. The van der Waals surface area contributed by atoms with Gasteiger partial charge in [0, 0.05) is 11.8 Å². The van der Waals surface area contributed by atoms with Crippen LogP contribution >= 0.6 is 0 Å². The molecular weight excluding hydrogens is 220 g/mol. The molecule has 1 aromatic heterocycles. The summed E-state index contributed by atoms with van der Waals surface area (Å²) in [5.74, 6) is 5.60. The van der Waals surface area contributed by atoms with Gasteiger partial charge >= 0.3 is 6.09 Å².